The van der Waals surface area contributed by atoms with Crippen molar-refractivity contribution in [3.05, 3.63) is 22.6 Å². The van der Waals surface area contributed by atoms with Crippen LogP contribution in [0, 0.1) is 0 Å². The minimum atomic E-state index is -1.24. The molecule has 0 radical (unpaired) electrons. The number of fused-ring (bicyclic) bond motifs is 1. The van der Waals surface area contributed by atoms with Gasteiger partial charge in [-0.3, -0.25) is 14.5 Å². The van der Waals surface area contributed by atoms with Gasteiger partial charge < -0.3 is 25.7 Å². The molecule has 5 rings (SSSR count). The molecule has 3 aliphatic heterocycles. The van der Waals surface area contributed by atoms with E-state index in [0.717, 1.165) is 11.5 Å². The first-order chi connectivity index (χ1) is 17.8. The van der Waals surface area contributed by atoms with E-state index in [1.165, 1.54) is 39.8 Å². The van der Waals surface area contributed by atoms with Gasteiger partial charge in [-0.15, -0.1) is 22.0 Å². The number of β-lactam (4-membered cyclic amide) rings is 1. The topological polar surface area (TPSA) is 212 Å². The SMILES string of the molecule is Nc1nc(C(=NOC2CCOC2=O)C(=O)NC2C(=O)N3C(C(=O)O)=C(CSc4nncs4)CS[C@@H]23)ns1. The number of esters is 1. The molecule has 4 N–H and O–H groups in total. The van der Waals surface area contributed by atoms with Gasteiger partial charge in [-0.2, -0.15) is 9.36 Å². The van der Waals surface area contributed by atoms with Crippen molar-refractivity contribution in [3.8, 4) is 0 Å². The summed E-state index contributed by atoms with van der Waals surface area (Å²) in [7, 11) is 0. The van der Waals surface area contributed by atoms with Crippen LogP contribution in [0.2, 0.25) is 0 Å². The number of ether oxygens (including phenoxy) is 1. The van der Waals surface area contributed by atoms with Crippen LogP contribution in [0.1, 0.15) is 12.2 Å². The molecular formula is C18H16N8O7S4. The van der Waals surface area contributed by atoms with Crippen LogP contribution in [-0.2, 0) is 28.8 Å². The Morgan fingerprint density at radius 3 is 2.89 bits per heavy atom. The molecule has 0 bridgehead atoms. The summed E-state index contributed by atoms with van der Waals surface area (Å²) >= 11 is 4.80. The van der Waals surface area contributed by atoms with E-state index in [2.05, 4.69) is 30.0 Å². The number of nitrogen functional groups attached to an aromatic ring is 1. The van der Waals surface area contributed by atoms with Gasteiger partial charge in [0.05, 0.1) is 6.61 Å². The predicted octanol–water partition coefficient (Wildman–Crippen LogP) is -0.461. The average Bonchev–Trinajstić information content (AvgIpc) is 3.64. The zero-order valence-corrected chi connectivity index (χ0v) is 21.7. The smallest absolute Gasteiger partial charge is 0.352 e. The van der Waals surface area contributed by atoms with Gasteiger partial charge in [0.25, 0.3) is 11.8 Å². The zero-order chi connectivity index (χ0) is 26.1. The van der Waals surface area contributed by atoms with Gasteiger partial charge in [0, 0.05) is 29.5 Å². The Bertz CT molecular complexity index is 1310. The number of nitrogens with one attached hydrogen (secondary N) is 1. The summed E-state index contributed by atoms with van der Waals surface area (Å²) < 4.78 is 9.46. The molecule has 2 amide bonds. The summed E-state index contributed by atoms with van der Waals surface area (Å²) in [5, 5.41) is 23.3. The number of carboxylic acid groups (broad SMARTS) is 1. The first-order valence-corrected chi connectivity index (χ1v) is 14.1. The van der Waals surface area contributed by atoms with E-state index in [1.54, 1.807) is 5.51 Å². The number of oxime groups is 1. The molecule has 3 aliphatic rings. The molecule has 2 aromatic heterocycles. The second-order valence-corrected chi connectivity index (χ2v) is 11.5. The molecule has 0 spiro atoms. The molecule has 2 saturated heterocycles. The summed E-state index contributed by atoms with van der Waals surface area (Å²) in [6.45, 7) is 0.161. The summed E-state index contributed by atoms with van der Waals surface area (Å²) in [4.78, 5) is 60.1. The highest BCUT2D eigenvalue weighted by atomic mass is 32.2. The second-order valence-electron chi connectivity index (χ2n) is 7.56. The molecule has 19 heteroatoms. The van der Waals surface area contributed by atoms with Crippen molar-refractivity contribution in [2.24, 2.45) is 5.16 Å². The maximum atomic E-state index is 13.1. The van der Waals surface area contributed by atoms with E-state index in [1.807, 2.05) is 0 Å². The van der Waals surface area contributed by atoms with Crippen LogP contribution in [0.3, 0.4) is 0 Å². The molecule has 0 aliphatic carbocycles. The minimum Gasteiger partial charge on any atom is -0.477 e. The lowest BCUT2D eigenvalue weighted by atomic mass is 10.0. The lowest BCUT2D eigenvalue weighted by molar-refractivity contribution is -0.150. The van der Waals surface area contributed by atoms with Crippen LogP contribution in [0.25, 0.3) is 0 Å². The fourth-order valence-electron chi connectivity index (χ4n) is 3.58. The molecule has 0 aromatic carbocycles. The number of hydrogen-bond acceptors (Lipinski definition) is 16. The normalized spacial score (nSPS) is 23.4. The van der Waals surface area contributed by atoms with Crippen molar-refractivity contribution in [3.63, 3.8) is 0 Å². The first-order valence-electron chi connectivity index (χ1n) is 10.4. The number of rotatable bonds is 9. The standard InChI is InChI=1S/C18H16N8O7S4/c19-17-22-11(25-37-17)8(24-33-7-1-2-32-16(7)31)12(27)21-9-13(28)26-10(15(29)30)6(3-34-14(9)26)4-35-18-23-20-5-36-18/h5,7,9,14H,1-4H2,(H,21,27)(H,29,30)(H2,19,22,25)/t7?,9?,14-/m0/s1. The van der Waals surface area contributed by atoms with Gasteiger partial charge in [0.15, 0.2) is 9.47 Å². The number of anilines is 1. The van der Waals surface area contributed by atoms with E-state index >= 15 is 0 Å². The minimum absolute atomic E-state index is 0.0691. The number of cyclic esters (lactones) is 1. The summed E-state index contributed by atoms with van der Waals surface area (Å²) in [6, 6.07) is -1.03. The molecule has 5 heterocycles. The third-order valence-electron chi connectivity index (χ3n) is 5.27. The van der Waals surface area contributed by atoms with Crippen molar-refractivity contribution < 1.29 is 33.9 Å². The molecule has 37 heavy (non-hydrogen) atoms. The zero-order valence-electron chi connectivity index (χ0n) is 18.4. The maximum Gasteiger partial charge on any atom is 0.352 e. The highest BCUT2D eigenvalue weighted by Gasteiger charge is 2.54. The molecule has 2 aromatic rings. The number of carboxylic acids is 1. The molecule has 3 atom stereocenters. The molecule has 2 unspecified atom stereocenters. The van der Waals surface area contributed by atoms with Crippen molar-refractivity contribution in [2.75, 3.05) is 23.8 Å². The summed E-state index contributed by atoms with van der Waals surface area (Å²) in [5.41, 5.74) is 7.27. The third kappa shape index (κ3) is 5.11. The first kappa shape index (κ1) is 25.4. The van der Waals surface area contributed by atoms with E-state index in [9.17, 15) is 24.3 Å². The van der Waals surface area contributed by atoms with Crippen molar-refractivity contribution >= 4 is 81.0 Å². The molecule has 15 nitrogen and oxygen atoms in total. The third-order valence-corrected chi connectivity index (χ3v) is 9.10. The van der Waals surface area contributed by atoms with Crippen molar-refractivity contribution in [2.45, 2.75) is 28.3 Å². The van der Waals surface area contributed by atoms with Gasteiger partial charge in [0.2, 0.25) is 17.6 Å². The Balaban J connectivity index is 1.31. The Morgan fingerprint density at radius 1 is 1.41 bits per heavy atom. The van der Waals surface area contributed by atoms with Crippen molar-refractivity contribution in [1.29, 1.82) is 0 Å². The van der Waals surface area contributed by atoms with Crippen LogP contribution in [-0.4, -0.2) is 94.7 Å². The summed E-state index contributed by atoms with van der Waals surface area (Å²) in [6.07, 6.45) is -0.740. The van der Waals surface area contributed by atoms with Crippen LogP contribution in [0.4, 0.5) is 5.13 Å². The average molecular weight is 585 g/mol. The van der Waals surface area contributed by atoms with Crippen LogP contribution in [0.15, 0.2) is 26.3 Å². The Kier molecular flexibility index (Phi) is 7.26. The van der Waals surface area contributed by atoms with Gasteiger partial charge in [0.1, 0.15) is 22.6 Å². The maximum absolute atomic E-state index is 13.1. The summed E-state index contributed by atoms with van der Waals surface area (Å²) in [5.74, 6) is -2.78. The number of nitrogens with zero attached hydrogens (tertiary/aromatic N) is 6. The molecule has 2 fully saturated rings. The van der Waals surface area contributed by atoms with E-state index in [-0.39, 0.29) is 35.4 Å². The van der Waals surface area contributed by atoms with E-state index < -0.39 is 41.3 Å². The second kappa shape index (κ2) is 10.6. The monoisotopic (exact) mass is 584 g/mol. The van der Waals surface area contributed by atoms with E-state index in [0.29, 0.717) is 21.4 Å². The fraction of sp³-hybridized carbons (Fsp3) is 0.389. The number of carbonyl (C=O) groups excluding carboxylic acids is 3. The number of carbonyl (C=O) groups is 4. The highest BCUT2D eigenvalue weighted by Crippen LogP contribution is 2.41. The van der Waals surface area contributed by atoms with Gasteiger partial charge >= 0.3 is 11.9 Å². The van der Waals surface area contributed by atoms with Crippen molar-refractivity contribution in [1.82, 2.24) is 29.8 Å². The predicted molar refractivity (Wildman–Crippen MR) is 132 cm³/mol. The number of amides is 2. The van der Waals surface area contributed by atoms with Crippen LogP contribution in [0.5, 0.6) is 0 Å². The number of hydrogen-bond donors (Lipinski definition) is 3. The quantitative estimate of drug-likeness (QED) is 0.112. The largest absolute Gasteiger partial charge is 0.477 e. The number of aliphatic carboxylic acids is 1. The lowest BCUT2D eigenvalue weighted by Crippen LogP contribution is -2.71. The highest BCUT2D eigenvalue weighted by molar-refractivity contribution is 8.01. The van der Waals surface area contributed by atoms with Gasteiger partial charge in [-0.05, 0) is 5.57 Å². The van der Waals surface area contributed by atoms with Crippen LogP contribution < -0.4 is 11.1 Å². The number of nitrogens with two attached hydrogens (primary N) is 1. The van der Waals surface area contributed by atoms with Crippen LogP contribution >= 0.6 is 46.4 Å². The molecule has 0 saturated carbocycles. The molecule has 194 valence electrons. The van der Waals surface area contributed by atoms with E-state index in [4.69, 9.17) is 15.3 Å². The van der Waals surface area contributed by atoms with Gasteiger partial charge in [-0.1, -0.05) is 28.3 Å². The van der Waals surface area contributed by atoms with Gasteiger partial charge in [-0.25, -0.2) is 9.59 Å². The lowest BCUT2D eigenvalue weighted by Gasteiger charge is -2.49. The molecular weight excluding hydrogens is 569 g/mol. The number of thioether (sulfide) groups is 2. The fourth-order valence-corrected chi connectivity index (χ4v) is 6.99. The number of aromatic nitrogens is 4. The Hall–Kier alpha value is -3.29. The Morgan fingerprint density at radius 2 is 2.24 bits per heavy atom. The Labute approximate surface area is 224 Å².